The van der Waals surface area contributed by atoms with Gasteiger partial charge in [-0.15, -0.1) is 0 Å². The van der Waals surface area contributed by atoms with Gasteiger partial charge in [-0.3, -0.25) is 0 Å². The fourth-order valence-corrected chi connectivity index (χ4v) is 4.88. The molecule has 5 aromatic rings. The summed E-state index contributed by atoms with van der Waals surface area (Å²) in [5.74, 6) is 1.64. The van der Waals surface area contributed by atoms with E-state index >= 15 is 0 Å². The second-order valence-electron chi connectivity index (χ2n) is 7.99. The van der Waals surface area contributed by atoms with Gasteiger partial charge in [0.25, 0.3) is 0 Å². The molecule has 0 spiro atoms. The average molecular weight is 476 g/mol. The van der Waals surface area contributed by atoms with Gasteiger partial charge in [0.1, 0.15) is 11.3 Å². The Labute approximate surface area is 207 Å². The number of fused-ring (bicyclic) bond motifs is 1. The van der Waals surface area contributed by atoms with Gasteiger partial charge < -0.3 is 9.15 Å². The van der Waals surface area contributed by atoms with E-state index in [2.05, 4.69) is 18.2 Å². The minimum absolute atomic E-state index is 0.239. The van der Waals surface area contributed by atoms with Crippen LogP contribution in [0.1, 0.15) is 27.2 Å². The molecule has 0 bridgehead atoms. The average Bonchev–Trinajstić information content (AvgIpc) is 3.29. The number of carbonyl (C=O) groups is 1. The van der Waals surface area contributed by atoms with Gasteiger partial charge in [-0.25, -0.2) is 4.79 Å². The van der Waals surface area contributed by atoms with Crippen molar-refractivity contribution in [2.75, 3.05) is 0 Å². The Kier molecular flexibility index (Phi) is 6.65. The SMILES string of the molecule is N#Cc1ccc(-c2ccc(OC(=O)c3oc4ccccc4c3CSCc3ccccc3)cc2)cc1. The van der Waals surface area contributed by atoms with Gasteiger partial charge in [0.15, 0.2) is 0 Å². The van der Waals surface area contributed by atoms with Gasteiger partial charge in [-0.2, -0.15) is 17.0 Å². The van der Waals surface area contributed by atoms with Crippen LogP contribution in [0.15, 0.2) is 108 Å². The predicted molar refractivity (Wildman–Crippen MR) is 139 cm³/mol. The van der Waals surface area contributed by atoms with Crippen LogP contribution >= 0.6 is 11.8 Å². The summed E-state index contributed by atoms with van der Waals surface area (Å²) in [6.45, 7) is 0. The number of thioether (sulfide) groups is 1. The molecule has 0 saturated carbocycles. The van der Waals surface area contributed by atoms with E-state index in [1.807, 2.05) is 66.7 Å². The summed E-state index contributed by atoms with van der Waals surface area (Å²) in [6, 6.07) is 34.7. The van der Waals surface area contributed by atoms with Gasteiger partial charge in [-0.1, -0.05) is 72.8 Å². The molecule has 0 aliphatic rings. The number of hydrogen-bond donors (Lipinski definition) is 0. The lowest BCUT2D eigenvalue weighted by Crippen LogP contribution is -2.09. The molecule has 0 saturated heterocycles. The summed E-state index contributed by atoms with van der Waals surface area (Å²) < 4.78 is 11.6. The monoisotopic (exact) mass is 475 g/mol. The number of rotatable bonds is 7. The molecule has 0 aliphatic carbocycles. The first-order chi connectivity index (χ1) is 17.2. The first kappa shape index (κ1) is 22.5. The number of benzene rings is 4. The van der Waals surface area contributed by atoms with E-state index in [1.165, 1.54) is 5.56 Å². The van der Waals surface area contributed by atoms with Crippen LogP contribution in [0.25, 0.3) is 22.1 Å². The first-order valence-electron chi connectivity index (χ1n) is 11.2. The highest BCUT2D eigenvalue weighted by molar-refractivity contribution is 7.97. The summed E-state index contributed by atoms with van der Waals surface area (Å²) >= 11 is 1.73. The van der Waals surface area contributed by atoms with Crippen molar-refractivity contribution in [3.05, 3.63) is 126 Å². The van der Waals surface area contributed by atoms with Crippen LogP contribution < -0.4 is 4.74 Å². The number of ether oxygens (including phenoxy) is 1. The van der Waals surface area contributed by atoms with Gasteiger partial charge in [0, 0.05) is 22.5 Å². The molecule has 5 rings (SSSR count). The quantitative estimate of drug-likeness (QED) is 0.179. The highest BCUT2D eigenvalue weighted by Gasteiger charge is 2.22. The maximum Gasteiger partial charge on any atom is 0.379 e. The van der Waals surface area contributed by atoms with Crippen molar-refractivity contribution in [2.45, 2.75) is 11.5 Å². The Morgan fingerprint density at radius 1 is 0.800 bits per heavy atom. The van der Waals surface area contributed by atoms with Crippen LogP contribution in [0, 0.1) is 11.3 Å². The second kappa shape index (κ2) is 10.3. The number of nitriles is 1. The van der Waals surface area contributed by atoms with Gasteiger partial charge >= 0.3 is 5.97 Å². The fraction of sp³-hybridized carbons (Fsp3) is 0.0667. The Morgan fingerprint density at radius 2 is 1.46 bits per heavy atom. The van der Waals surface area contributed by atoms with Crippen molar-refractivity contribution in [1.29, 1.82) is 5.26 Å². The Bertz CT molecular complexity index is 1500. The van der Waals surface area contributed by atoms with Crippen molar-refractivity contribution in [1.82, 2.24) is 0 Å². The van der Waals surface area contributed by atoms with Crippen molar-refractivity contribution in [3.63, 3.8) is 0 Å². The van der Waals surface area contributed by atoms with Crippen molar-refractivity contribution in [2.24, 2.45) is 0 Å². The van der Waals surface area contributed by atoms with Crippen LogP contribution in [0.2, 0.25) is 0 Å². The Balaban J connectivity index is 1.33. The standard InChI is InChI=1S/C30H21NO3S/c31-18-21-10-12-23(13-11-21)24-14-16-25(17-15-24)33-30(32)29-27(26-8-4-5-9-28(26)34-29)20-35-19-22-6-2-1-3-7-22/h1-17H,19-20H2. The lowest BCUT2D eigenvalue weighted by molar-refractivity contribution is 0.0702. The molecule has 1 heterocycles. The van der Waals surface area contributed by atoms with E-state index in [0.29, 0.717) is 22.6 Å². The largest absolute Gasteiger partial charge is 0.449 e. The molecule has 0 fully saturated rings. The third-order valence-electron chi connectivity index (χ3n) is 5.65. The zero-order valence-corrected chi connectivity index (χ0v) is 19.6. The number of para-hydroxylation sites is 1. The van der Waals surface area contributed by atoms with Gasteiger partial charge in [0.2, 0.25) is 5.76 Å². The zero-order chi connectivity index (χ0) is 24.0. The smallest absolute Gasteiger partial charge is 0.379 e. The molecule has 35 heavy (non-hydrogen) atoms. The van der Waals surface area contributed by atoms with E-state index in [4.69, 9.17) is 14.4 Å². The molecule has 4 nitrogen and oxygen atoms in total. The molecule has 0 amide bonds. The molecular formula is C30H21NO3S. The lowest BCUT2D eigenvalue weighted by atomic mass is 10.0. The molecule has 170 valence electrons. The zero-order valence-electron chi connectivity index (χ0n) is 18.8. The normalized spacial score (nSPS) is 10.7. The number of furan rings is 1. The summed E-state index contributed by atoms with van der Waals surface area (Å²) in [4.78, 5) is 13.1. The molecule has 0 unspecified atom stereocenters. The van der Waals surface area contributed by atoms with Crippen LogP contribution in [-0.2, 0) is 11.5 Å². The molecular weight excluding hydrogens is 454 g/mol. The van der Waals surface area contributed by atoms with E-state index in [-0.39, 0.29) is 5.76 Å². The first-order valence-corrected chi connectivity index (χ1v) is 12.3. The minimum atomic E-state index is -0.511. The second-order valence-corrected chi connectivity index (χ2v) is 8.97. The van der Waals surface area contributed by atoms with Crippen LogP contribution in [0.4, 0.5) is 0 Å². The van der Waals surface area contributed by atoms with Crippen molar-refractivity contribution < 1.29 is 13.9 Å². The topological polar surface area (TPSA) is 63.2 Å². The highest BCUT2D eigenvalue weighted by Crippen LogP contribution is 2.31. The van der Waals surface area contributed by atoms with E-state index in [0.717, 1.165) is 27.8 Å². The molecule has 0 N–H and O–H groups in total. The van der Waals surface area contributed by atoms with Crippen molar-refractivity contribution >= 4 is 28.7 Å². The third kappa shape index (κ3) is 5.13. The number of nitrogens with zero attached hydrogens (tertiary/aromatic N) is 1. The molecule has 4 aromatic carbocycles. The Hall–Kier alpha value is -4.27. The maximum absolute atomic E-state index is 13.1. The molecule has 5 heteroatoms. The molecule has 0 radical (unpaired) electrons. The van der Waals surface area contributed by atoms with Gasteiger partial charge in [-0.05, 0) is 47.0 Å². The van der Waals surface area contributed by atoms with Crippen LogP contribution in [-0.4, -0.2) is 5.97 Å². The third-order valence-corrected chi connectivity index (χ3v) is 6.68. The van der Waals surface area contributed by atoms with E-state index < -0.39 is 5.97 Å². The predicted octanol–water partition coefficient (Wildman–Crippen LogP) is 7.62. The van der Waals surface area contributed by atoms with Gasteiger partial charge in [0.05, 0.1) is 11.6 Å². The number of esters is 1. The molecule has 0 aliphatic heterocycles. The summed E-state index contributed by atoms with van der Waals surface area (Å²) in [7, 11) is 0. The molecule has 1 aromatic heterocycles. The van der Waals surface area contributed by atoms with Crippen LogP contribution in [0.5, 0.6) is 5.75 Å². The maximum atomic E-state index is 13.1. The summed E-state index contributed by atoms with van der Waals surface area (Å²) in [5.41, 5.74) is 5.32. The Morgan fingerprint density at radius 3 is 2.17 bits per heavy atom. The molecule has 0 atom stereocenters. The van der Waals surface area contributed by atoms with Crippen LogP contribution in [0.3, 0.4) is 0 Å². The minimum Gasteiger partial charge on any atom is -0.449 e. The lowest BCUT2D eigenvalue weighted by Gasteiger charge is -2.07. The van der Waals surface area contributed by atoms with E-state index in [9.17, 15) is 4.79 Å². The van der Waals surface area contributed by atoms with Crippen molar-refractivity contribution in [3.8, 4) is 22.9 Å². The highest BCUT2D eigenvalue weighted by atomic mass is 32.2. The fourth-order valence-electron chi connectivity index (χ4n) is 3.86. The number of carbonyl (C=O) groups excluding carboxylic acids is 1. The summed E-state index contributed by atoms with van der Waals surface area (Å²) in [6.07, 6.45) is 0. The summed E-state index contributed by atoms with van der Waals surface area (Å²) in [5, 5.41) is 9.90. The van der Waals surface area contributed by atoms with E-state index in [1.54, 1.807) is 36.0 Å². The number of hydrogen-bond acceptors (Lipinski definition) is 5.